The number of anilines is 1. The van der Waals surface area contributed by atoms with Crippen molar-refractivity contribution < 1.29 is 0 Å². The molecule has 0 bridgehead atoms. The maximum absolute atomic E-state index is 5.81. The van der Waals surface area contributed by atoms with Crippen molar-refractivity contribution in [2.24, 2.45) is 0 Å². The summed E-state index contributed by atoms with van der Waals surface area (Å²) < 4.78 is 0. The van der Waals surface area contributed by atoms with Crippen molar-refractivity contribution in [1.82, 2.24) is 9.97 Å². The molecule has 1 aromatic heterocycles. The van der Waals surface area contributed by atoms with Crippen LogP contribution < -0.4 is 5.32 Å². The van der Waals surface area contributed by atoms with E-state index in [1.807, 2.05) is 30.3 Å². The lowest BCUT2D eigenvalue weighted by atomic mass is 10.1. The van der Waals surface area contributed by atoms with E-state index < -0.39 is 0 Å². The van der Waals surface area contributed by atoms with Gasteiger partial charge in [0.05, 0.1) is 5.69 Å². The lowest BCUT2D eigenvalue weighted by Crippen LogP contribution is -1.96. The molecule has 0 fully saturated rings. The molecule has 0 unspecified atom stereocenters. The van der Waals surface area contributed by atoms with Crippen LogP contribution in [-0.2, 0) is 0 Å². The second-order valence-electron chi connectivity index (χ2n) is 3.02. The number of hydrogen-bond donors (Lipinski definition) is 1. The number of hydrogen-bond acceptors (Lipinski definition) is 3. The minimum absolute atomic E-state index is 0.613. The van der Waals surface area contributed by atoms with Gasteiger partial charge in [-0.15, -0.1) is 0 Å². The number of nitrogens with zero attached hydrogens (tertiary/aromatic N) is 2. The van der Waals surface area contributed by atoms with Crippen LogP contribution in [0.15, 0.2) is 36.5 Å². The van der Waals surface area contributed by atoms with Crippen molar-refractivity contribution in [2.75, 3.05) is 12.4 Å². The van der Waals surface area contributed by atoms with Crippen molar-refractivity contribution in [3.63, 3.8) is 0 Å². The van der Waals surface area contributed by atoms with Crippen LogP contribution in [0.25, 0.3) is 11.3 Å². The van der Waals surface area contributed by atoms with Crippen LogP contribution in [0, 0.1) is 0 Å². The van der Waals surface area contributed by atoms with Gasteiger partial charge in [0.15, 0.2) is 0 Å². The number of aromatic nitrogens is 2. The minimum Gasteiger partial charge on any atom is -0.357 e. The topological polar surface area (TPSA) is 37.8 Å². The Morgan fingerprint density at radius 1 is 1.13 bits per heavy atom. The monoisotopic (exact) mass is 219 g/mol. The van der Waals surface area contributed by atoms with Gasteiger partial charge in [-0.2, -0.15) is 0 Å². The Morgan fingerprint density at radius 2 is 1.87 bits per heavy atom. The minimum atomic E-state index is 0.613. The molecule has 0 aliphatic rings. The SMILES string of the molecule is CNc1nccc(-c2ccc(Cl)cc2)n1. The van der Waals surface area contributed by atoms with Gasteiger partial charge >= 0.3 is 0 Å². The zero-order chi connectivity index (χ0) is 10.7. The van der Waals surface area contributed by atoms with Crippen molar-refractivity contribution >= 4 is 17.5 Å². The van der Waals surface area contributed by atoms with Gasteiger partial charge in [0.25, 0.3) is 0 Å². The first-order valence-electron chi connectivity index (χ1n) is 4.56. The Hall–Kier alpha value is -1.61. The summed E-state index contributed by atoms with van der Waals surface area (Å²) in [5.74, 6) is 0.613. The van der Waals surface area contributed by atoms with Gasteiger partial charge in [-0.05, 0) is 18.2 Å². The van der Waals surface area contributed by atoms with Crippen LogP contribution in [0.5, 0.6) is 0 Å². The molecule has 15 heavy (non-hydrogen) atoms. The maximum atomic E-state index is 5.81. The fourth-order valence-electron chi connectivity index (χ4n) is 1.26. The van der Waals surface area contributed by atoms with Gasteiger partial charge in [-0.3, -0.25) is 0 Å². The molecule has 3 nitrogen and oxygen atoms in total. The van der Waals surface area contributed by atoms with Crippen molar-refractivity contribution in [2.45, 2.75) is 0 Å². The summed E-state index contributed by atoms with van der Waals surface area (Å²) in [5, 5.41) is 3.62. The molecule has 2 rings (SSSR count). The molecule has 0 radical (unpaired) electrons. The predicted molar refractivity (Wildman–Crippen MR) is 62.0 cm³/mol. The molecule has 1 aromatic carbocycles. The number of halogens is 1. The maximum Gasteiger partial charge on any atom is 0.222 e. The van der Waals surface area contributed by atoms with Crippen molar-refractivity contribution in [1.29, 1.82) is 0 Å². The van der Waals surface area contributed by atoms with E-state index in [1.165, 1.54) is 0 Å². The highest BCUT2D eigenvalue weighted by Gasteiger charge is 2.00. The second-order valence-corrected chi connectivity index (χ2v) is 3.46. The van der Waals surface area contributed by atoms with Gasteiger partial charge in [0.2, 0.25) is 5.95 Å². The van der Waals surface area contributed by atoms with Crippen molar-refractivity contribution in [3.8, 4) is 11.3 Å². The zero-order valence-electron chi connectivity index (χ0n) is 8.24. The largest absolute Gasteiger partial charge is 0.357 e. The predicted octanol–water partition coefficient (Wildman–Crippen LogP) is 2.84. The van der Waals surface area contributed by atoms with Gasteiger partial charge < -0.3 is 5.32 Å². The van der Waals surface area contributed by atoms with Crippen LogP contribution in [0.3, 0.4) is 0 Å². The molecule has 0 amide bonds. The highest BCUT2D eigenvalue weighted by atomic mass is 35.5. The van der Waals surface area contributed by atoms with Crippen LogP contribution in [-0.4, -0.2) is 17.0 Å². The molecule has 0 saturated carbocycles. The van der Waals surface area contributed by atoms with E-state index in [9.17, 15) is 0 Å². The lowest BCUT2D eigenvalue weighted by molar-refractivity contribution is 1.15. The number of nitrogens with one attached hydrogen (secondary N) is 1. The molecule has 0 saturated heterocycles. The van der Waals surface area contributed by atoms with Crippen LogP contribution in [0.1, 0.15) is 0 Å². The summed E-state index contributed by atoms with van der Waals surface area (Å²) in [5.41, 5.74) is 1.91. The number of benzene rings is 1. The second kappa shape index (κ2) is 4.28. The summed E-state index contributed by atoms with van der Waals surface area (Å²) in [4.78, 5) is 8.38. The third-order valence-corrected chi connectivity index (χ3v) is 2.27. The molecule has 2 aromatic rings. The van der Waals surface area contributed by atoms with E-state index in [0.29, 0.717) is 5.95 Å². The zero-order valence-corrected chi connectivity index (χ0v) is 8.99. The molecule has 76 valence electrons. The fourth-order valence-corrected chi connectivity index (χ4v) is 1.39. The quantitative estimate of drug-likeness (QED) is 0.844. The standard InChI is InChI=1S/C11H10ClN3/c1-13-11-14-7-6-10(15-11)8-2-4-9(12)5-3-8/h2-7H,1H3,(H,13,14,15). The summed E-state index contributed by atoms with van der Waals surface area (Å²) >= 11 is 5.81. The van der Waals surface area contributed by atoms with Gasteiger partial charge in [-0.25, -0.2) is 9.97 Å². The van der Waals surface area contributed by atoms with E-state index in [4.69, 9.17) is 11.6 Å². The average Bonchev–Trinajstić information content (AvgIpc) is 2.30. The third-order valence-electron chi connectivity index (χ3n) is 2.02. The molecule has 1 heterocycles. The average molecular weight is 220 g/mol. The molecule has 1 N–H and O–H groups in total. The van der Waals surface area contributed by atoms with E-state index in [-0.39, 0.29) is 0 Å². The highest BCUT2D eigenvalue weighted by Crippen LogP contribution is 2.19. The molecule has 0 aliphatic carbocycles. The first kappa shape index (κ1) is 9.93. The molecular weight excluding hydrogens is 210 g/mol. The third kappa shape index (κ3) is 2.25. The summed E-state index contributed by atoms with van der Waals surface area (Å²) in [6.07, 6.45) is 1.72. The van der Waals surface area contributed by atoms with E-state index in [0.717, 1.165) is 16.3 Å². The van der Waals surface area contributed by atoms with Crippen molar-refractivity contribution in [3.05, 3.63) is 41.6 Å². The Balaban J connectivity index is 2.40. The van der Waals surface area contributed by atoms with E-state index in [2.05, 4.69) is 15.3 Å². The Labute approximate surface area is 93.1 Å². The smallest absolute Gasteiger partial charge is 0.222 e. The number of rotatable bonds is 2. The Kier molecular flexibility index (Phi) is 2.83. The van der Waals surface area contributed by atoms with E-state index >= 15 is 0 Å². The van der Waals surface area contributed by atoms with Gasteiger partial charge in [-0.1, -0.05) is 23.7 Å². The first-order valence-corrected chi connectivity index (χ1v) is 4.94. The lowest BCUT2D eigenvalue weighted by Gasteiger charge is -2.02. The summed E-state index contributed by atoms with van der Waals surface area (Å²) in [7, 11) is 1.79. The highest BCUT2D eigenvalue weighted by molar-refractivity contribution is 6.30. The molecule has 0 spiro atoms. The fraction of sp³-hybridized carbons (Fsp3) is 0.0909. The Bertz CT molecular complexity index is 454. The van der Waals surface area contributed by atoms with Crippen LogP contribution in [0.4, 0.5) is 5.95 Å². The molecular formula is C11H10ClN3. The Morgan fingerprint density at radius 3 is 2.53 bits per heavy atom. The summed E-state index contributed by atoms with van der Waals surface area (Å²) in [6.45, 7) is 0. The van der Waals surface area contributed by atoms with Gasteiger partial charge in [0.1, 0.15) is 0 Å². The van der Waals surface area contributed by atoms with Gasteiger partial charge in [0, 0.05) is 23.8 Å². The molecule has 4 heteroatoms. The van der Waals surface area contributed by atoms with Crippen LogP contribution in [0.2, 0.25) is 5.02 Å². The normalized spacial score (nSPS) is 10.0. The van der Waals surface area contributed by atoms with E-state index in [1.54, 1.807) is 13.2 Å². The first-order chi connectivity index (χ1) is 7.29. The van der Waals surface area contributed by atoms with Crippen LogP contribution >= 0.6 is 11.6 Å². The summed E-state index contributed by atoms with van der Waals surface area (Å²) in [6, 6.07) is 9.42. The molecule has 0 atom stereocenters. The molecule has 0 aliphatic heterocycles.